The minimum atomic E-state index is 0.547. The maximum absolute atomic E-state index is 4.44. The van der Waals surface area contributed by atoms with Crippen molar-refractivity contribution in [1.82, 2.24) is 10.3 Å². The maximum atomic E-state index is 4.44. The van der Waals surface area contributed by atoms with E-state index < -0.39 is 0 Å². The zero-order valence-corrected chi connectivity index (χ0v) is 13.3. The number of hydrogen-bond donors (Lipinski definition) is 1. The second-order valence-corrected chi connectivity index (χ2v) is 5.85. The van der Waals surface area contributed by atoms with Gasteiger partial charge in [-0.2, -0.15) is 0 Å². The van der Waals surface area contributed by atoms with Gasteiger partial charge in [0.05, 0.1) is 0 Å². The number of pyridine rings is 1. The third kappa shape index (κ3) is 4.83. The summed E-state index contributed by atoms with van der Waals surface area (Å²) in [5, 5.41) is 3.51. The topological polar surface area (TPSA) is 28.2 Å². The number of aromatic nitrogens is 1. The summed E-state index contributed by atoms with van der Waals surface area (Å²) in [4.78, 5) is 6.80. The Bertz CT molecular complexity index is 388. The Hall–Kier alpha value is -1.09. The summed E-state index contributed by atoms with van der Waals surface area (Å²) in [6, 6.07) is 2.74. The molecule has 0 radical (unpaired) electrons. The van der Waals surface area contributed by atoms with Crippen LogP contribution in [0.25, 0.3) is 0 Å². The summed E-state index contributed by atoms with van der Waals surface area (Å²) in [5.41, 5.74) is 3.67. The van der Waals surface area contributed by atoms with E-state index in [1.165, 1.54) is 11.3 Å². The van der Waals surface area contributed by atoms with Gasteiger partial charge >= 0.3 is 0 Å². The molecule has 0 spiro atoms. The molecule has 1 N–H and O–H groups in total. The van der Waals surface area contributed by atoms with E-state index in [0.717, 1.165) is 25.2 Å². The molecule has 0 aliphatic rings. The molecule has 19 heavy (non-hydrogen) atoms. The summed E-state index contributed by atoms with van der Waals surface area (Å²) in [6.07, 6.45) is 3.16. The number of aryl methyl sites for hydroxylation is 1. The molecule has 0 amide bonds. The van der Waals surface area contributed by atoms with Gasteiger partial charge < -0.3 is 10.2 Å². The molecule has 0 bridgehead atoms. The quantitative estimate of drug-likeness (QED) is 0.817. The first-order chi connectivity index (χ1) is 8.95. The van der Waals surface area contributed by atoms with Crippen LogP contribution in [0.15, 0.2) is 12.3 Å². The molecule has 1 aromatic rings. The van der Waals surface area contributed by atoms with Crippen LogP contribution in [-0.2, 0) is 6.54 Å². The van der Waals surface area contributed by atoms with Gasteiger partial charge in [0.15, 0.2) is 0 Å². The van der Waals surface area contributed by atoms with Crippen molar-refractivity contribution in [2.75, 3.05) is 18.5 Å². The Morgan fingerprint density at radius 2 is 2.00 bits per heavy atom. The van der Waals surface area contributed by atoms with Crippen molar-refractivity contribution in [1.29, 1.82) is 0 Å². The highest BCUT2D eigenvalue weighted by atomic mass is 15.1. The first-order valence-electron chi connectivity index (χ1n) is 7.34. The molecular weight excluding hydrogens is 234 g/mol. The van der Waals surface area contributed by atoms with Crippen LogP contribution in [0.4, 0.5) is 5.69 Å². The highest BCUT2D eigenvalue weighted by Crippen LogP contribution is 2.22. The summed E-state index contributed by atoms with van der Waals surface area (Å²) in [7, 11) is 2.18. The van der Waals surface area contributed by atoms with Crippen LogP contribution in [0.3, 0.4) is 0 Å². The van der Waals surface area contributed by atoms with Crippen LogP contribution in [-0.4, -0.2) is 24.6 Å². The van der Waals surface area contributed by atoms with Crippen LogP contribution < -0.4 is 10.2 Å². The van der Waals surface area contributed by atoms with Crippen LogP contribution in [0, 0.1) is 12.8 Å². The molecule has 0 fully saturated rings. The van der Waals surface area contributed by atoms with Crippen molar-refractivity contribution in [2.45, 2.75) is 53.6 Å². The smallest absolute Gasteiger partial charge is 0.0445 e. The Labute approximate surface area is 118 Å². The number of nitrogens with zero attached hydrogens (tertiary/aromatic N) is 2. The lowest BCUT2D eigenvalue weighted by atomic mass is 10.1. The minimum absolute atomic E-state index is 0.547. The first kappa shape index (κ1) is 16.0. The molecule has 1 atom stereocenters. The zero-order valence-electron chi connectivity index (χ0n) is 13.3. The number of nitrogens with one attached hydrogen (secondary N) is 1. The second-order valence-electron chi connectivity index (χ2n) is 5.85. The van der Waals surface area contributed by atoms with Crippen molar-refractivity contribution in [3.05, 3.63) is 23.5 Å². The third-order valence-corrected chi connectivity index (χ3v) is 3.60. The molecule has 3 nitrogen and oxygen atoms in total. The summed E-state index contributed by atoms with van der Waals surface area (Å²) in [6.45, 7) is 12.9. The van der Waals surface area contributed by atoms with E-state index in [0.29, 0.717) is 12.0 Å². The molecule has 108 valence electrons. The fourth-order valence-corrected chi connectivity index (χ4v) is 2.05. The monoisotopic (exact) mass is 263 g/mol. The molecule has 0 saturated carbocycles. The van der Waals surface area contributed by atoms with Crippen molar-refractivity contribution >= 4 is 5.69 Å². The Kier molecular flexibility index (Phi) is 6.29. The maximum Gasteiger partial charge on any atom is 0.0445 e. The van der Waals surface area contributed by atoms with E-state index in [9.17, 15) is 0 Å². The molecule has 1 heterocycles. The van der Waals surface area contributed by atoms with Crippen molar-refractivity contribution in [2.24, 2.45) is 5.92 Å². The second kappa shape index (κ2) is 7.49. The highest BCUT2D eigenvalue weighted by Gasteiger charge is 2.13. The SMILES string of the molecule is CCC(C)N(C)c1cc(C)ncc1CNCC(C)C. The van der Waals surface area contributed by atoms with Gasteiger partial charge in [0.2, 0.25) is 0 Å². The van der Waals surface area contributed by atoms with Gasteiger partial charge in [-0.15, -0.1) is 0 Å². The van der Waals surface area contributed by atoms with Gasteiger partial charge in [-0.25, -0.2) is 0 Å². The Balaban J connectivity index is 2.85. The van der Waals surface area contributed by atoms with E-state index in [1.54, 1.807) is 0 Å². The van der Waals surface area contributed by atoms with Gasteiger partial charge in [-0.3, -0.25) is 4.98 Å². The lowest BCUT2D eigenvalue weighted by molar-refractivity contribution is 0.550. The average molecular weight is 263 g/mol. The summed E-state index contributed by atoms with van der Waals surface area (Å²) in [5.74, 6) is 0.675. The largest absolute Gasteiger partial charge is 0.372 e. The fraction of sp³-hybridized carbons (Fsp3) is 0.688. The first-order valence-corrected chi connectivity index (χ1v) is 7.34. The molecular formula is C16H29N3. The van der Waals surface area contributed by atoms with Crippen LogP contribution in [0.5, 0.6) is 0 Å². The van der Waals surface area contributed by atoms with Gasteiger partial charge in [0.25, 0.3) is 0 Å². The van der Waals surface area contributed by atoms with E-state index in [1.807, 2.05) is 6.20 Å². The van der Waals surface area contributed by atoms with Gasteiger partial charge in [-0.1, -0.05) is 20.8 Å². The minimum Gasteiger partial charge on any atom is -0.372 e. The number of anilines is 1. The summed E-state index contributed by atoms with van der Waals surface area (Å²) >= 11 is 0. The van der Waals surface area contributed by atoms with Crippen molar-refractivity contribution in [3.63, 3.8) is 0 Å². The molecule has 1 rings (SSSR count). The van der Waals surface area contributed by atoms with E-state index in [-0.39, 0.29) is 0 Å². The molecule has 0 aromatic carbocycles. The Morgan fingerprint density at radius 3 is 2.58 bits per heavy atom. The zero-order chi connectivity index (χ0) is 14.4. The number of hydrogen-bond acceptors (Lipinski definition) is 3. The van der Waals surface area contributed by atoms with Crippen LogP contribution >= 0.6 is 0 Å². The van der Waals surface area contributed by atoms with Crippen molar-refractivity contribution in [3.8, 4) is 0 Å². The average Bonchev–Trinajstić information content (AvgIpc) is 2.38. The van der Waals surface area contributed by atoms with Gasteiger partial charge in [0.1, 0.15) is 0 Å². The lowest BCUT2D eigenvalue weighted by Crippen LogP contribution is -2.30. The predicted octanol–water partition coefficient (Wildman–Crippen LogP) is 3.37. The van der Waals surface area contributed by atoms with Crippen molar-refractivity contribution < 1.29 is 0 Å². The predicted molar refractivity (Wildman–Crippen MR) is 83.7 cm³/mol. The van der Waals surface area contributed by atoms with Gasteiger partial charge in [-0.05, 0) is 38.8 Å². The van der Waals surface area contributed by atoms with Crippen LogP contribution in [0.2, 0.25) is 0 Å². The van der Waals surface area contributed by atoms with E-state index >= 15 is 0 Å². The molecule has 1 aromatic heterocycles. The fourth-order valence-electron chi connectivity index (χ4n) is 2.05. The molecule has 0 aliphatic heterocycles. The lowest BCUT2D eigenvalue weighted by Gasteiger charge is -2.28. The van der Waals surface area contributed by atoms with Crippen LogP contribution in [0.1, 0.15) is 45.4 Å². The molecule has 3 heteroatoms. The summed E-state index contributed by atoms with van der Waals surface area (Å²) < 4.78 is 0. The Morgan fingerprint density at radius 1 is 1.32 bits per heavy atom. The molecule has 1 unspecified atom stereocenters. The number of rotatable bonds is 7. The van der Waals surface area contributed by atoms with E-state index in [4.69, 9.17) is 0 Å². The van der Waals surface area contributed by atoms with E-state index in [2.05, 4.69) is 62.9 Å². The van der Waals surface area contributed by atoms with Gasteiger partial charge in [0, 0.05) is 42.8 Å². The normalized spacial score (nSPS) is 12.8. The standard InChI is InChI=1S/C16H29N3/c1-7-14(5)19(6)16-8-13(4)18-11-15(16)10-17-9-12(2)3/h8,11-12,14,17H,7,9-10H2,1-6H3. The molecule has 0 aliphatic carbocycles. The highest BCUT2D eigenvalue weighted by molar-refractivity contribution is 5.53. The third-order valence-electron chi connectivity index (χ3n) is 3.60. The molecule has 0 saturated heterocycles.